The molecule has 1 aromatic rings. The minimum absolute atomic E-state index is 0.0444. The number of rotatable bonds is 2. The monoisotopic (exact) mass is 316 g/mol. The maximum atomic E-state index is 11.1. The molecule has 0 heterocycles. The molecule has 1 aromatic carbocycles. The van der Waals surface area contributed by atoms with Gasteiger partial charge in [-0.2, -0.15) is 21.6 Å². The second-order valence-electron chi connectivity index (χ2n) is 4.03. The predicted octanol–water partition coefficient (Wildman–Crippen LogP) is 0.585. The summed E-state index contributed by atoms with van der Waals surface area (Å²) in [6.07, 6.45) is 0.724. The van der Waals surface area contributed by atoms with Crippen LogP contribution < -0.4 is 0 Å². The van der Waals surface area contributed by atoms with E-state index in [9.17, 15) is 16.8 Å². The van der Waals surface area contributed by atoms with E-state index >= 15 is 0 Å². The lowest BCUT2D eigenvalue weighted by atomic mass is 9.95. The quantitative estimate of drug-likeness (QED) is 0.464. The van der Waals surface area contributed by atoms with Crippen molar-refractivity contribution in [3.63, 3.8) is 0 Å². The molecule has 0 bridgehead atoms. The first-order chi connectivity index (χ1) is 9.13. The van der Waals surface area contributed by atoms with Gasteiger partial charge in [-0.15, -0.1) is 0 Å². The predicted molar refractivity (Wildman–Crippen MR) is 68.1 cm³/mol. The Labute approximate surface area is 114 Å². The van der Waals surface area contributed by atoms with E-state index in [1.807, 2.05) is 0 Å². The molecule has 10 heteroatoms. The van der Waals surface area contributed by atoms with Crippen molar-refractivity contribution < 1.29 is 30.7 Å². The molecule has 8 nitrogen and oxygen atoms in total. The molecule has 2 N–H and O–H groups in total. The lowest BCUT2D eigenvalue weighted by molar-refractivity contribution is -0.00619. The van der Waals surface area contributed by atoms with Crippen LogP contribution in [0.2, 0.25) is 0 Å². The standard InChI is InChI=1S/C10H8N2O6S2/c11-12-10-5-8(20(16,17)18)4-6-3-7(19(13,14)15)1-2-9(6)10/h1-4H,5H2,(H,13,14,15)(H,16,17,18). The number of hydrogen-bond acceptors (Lipinski definition) is 4. The van der Waals surface area contributed by atoms with Crippen molar-refractivity contribution in [3.05, 3.63) is 39.8 Å². The Balaban J connectivity index is 2.76. The van der Waals surface area contributed by atoms with Crippen LogP contribution in [0.15, 0.2) is 28.0 Å². The van der Waals surface area contributed by atoms with Crippen molar-refractivity contribution in [2.24, 2.45) is 0 Å². The zero-order valence-corrected chi connectivity index (χ0v) is 11.4. The molecular formula is C10H8N2O6S2. The fourth-order valence-corrected chi connectivity index (χ4v) is 2.93. The summed E-state index contributed by atoms with van der Waals surface area (Å²) in [6, 6.07) is 3.37. The second kappa shape index (κ2) is 4.62. The molecule has 1 aliphatic carbocycles. The van der Waals surface area contributed by atoms with E-state index in [-0.39, 0.29) is 17.7 Å². The minimum atomic E-state index is -4.50. The molecule has 0 spiro atoms. The van der Waals surface area contributed by atoms with Gasteiger partial charge in [0.25, 0.3) is 20.2 Å². The molecule has 0 atom stereocenters. The van der Waals surface area contributed by atoms with Gasteiger partial charge in [-0.05, 0) is 29.8 Å². The summed E-state index contributed by atoms with van der Waals surface area (Å²) in [7, 11) is -8.96. The van der Waals surface area contributed by atoms with Gasteiger partial charge in [-0.3, -0.25) is 9.11 Å². The SMILES string of the molecule is [N-]=[N+]=C1CC(S(=O)(=O)O)=Cc2cc(S(=O)(=O)O)ccc21. The van der Waals surface area contributed by atoms with Gasteiger partial charge < -0.3 is 5.53 Å². The van der Waals surface area contributed by atoms with Crippen LogP contribution in [-0.4, -0.2) is 36.4 Å². The first-order valence-electron chi connectivity index (χ1n) is 5.14. The highest BCUT2D eigenvalue weighted by molar-refractivity contribution is 7.90. The van der Waals surface area contributed by atoms with E-state index in [0.29, 0.717) is 5.56 Å². The zero-order valence-electron chi connectivity index (χ0n) is 9.75. The summed E-state index contributed by atoms with van der Waals surface area (Å²) in [5.41, 5.74) is 9.21. The van der Waals surface area contributed by atoms with Crippen molar-refractivity contribution in [1.82, 2.24) is 0 Å². The van der Waals surface area contributed by atoms with Gasteiger partial charge >= 0.3 is 5.71 Å². The lowest BCUT2D eigenvalue weighted by Crippen LogP contribution is -2.16. The minimum Gasteiger partial charge on any atom is -0.361 e. The van der Waals surface area contributed by atoms with Crippen molar-refractivity contribution in [1.29, 1.82) is 0 Å². The van der Waals surface area contributed by atoms with Gasteiger partial charge in [-0.25, -0.2) is 0 Å². The smallest absolute Gasteiger partial charge is 0.304 e. The molecule has 1 aliphatic rings. The Kier molecular flexibility index (Phi) is 3.36. The highest BCUT2D eigenvalue weighted by atomic mass is 32.2. The molecule has 106 valence electrons. The summed E-state index contributed by atoms with van der Waals surface area (Å²) in [5.74, 6) is 0. The number of hydrogen-bond donors (Lipinski definition) is 2. The van der Waals surface area contributed by atoms with E-state index < -0.39 is 30.0 Å². The Morgan fingerprint density at radius 2 is 1.75 bits per heavy atom. The third kappa shape index (κ3) is 2.69. The van der Waals surface area contributed by atoms with Crippen LogP contribution in [-0.2, 0) is 20.2 Å². The number of nitrogens with zero attached hydrogens (tertiary/aromatic N) is 2. The Bertz CT molecular complexity index is 876. The topological polar surface area (TPSA) is 145 Å². The van der Waals surface area contributed by atoms with Crippen molar-refractivity contribution in [3.8, 4) is 0 Å². The summed E-state index contributed by atoms with van der Waals surface area (Å²) in [5, 5.41) is 0. The molecule has 0 fully saturated rings. The first-order valence-corrected chi connectivity index (χ1v) is 8.02. The van der Waals surface area contributed by atoms with Gasteiger partial charge in [0.15, 0.2) is 0 Å². The van der Waals surface area contributed by atoms with Crippen LogP contribution in [0.5, 0.6) is 0 Å². The zero-order chi connectivity index (χ0) is 15.1. The van der Waals surface area contributed by atoms with Crippen molar-refractivity contribution >= 4 is 32.0 Å². The molecule has 0 aromatic heterocycles. The van der Waals surface area contributed by atoms with Crippen LogP contribution >= 0.6 is 0 Å². The summed E-state index contributed by atoms with van der Waals surface area (Å²) in [6.45, 7) is 0. The molecular weight excluding hydrogens is 308 g/mol. The van der Waals surface area contributed by atoms with Crippen LogP contribution in [0.4, 0.5) is 0 Å². The average molecular weight is 316 g/mol. The number of fused-ring (bicyclic) bond motifs is 1. The fourth-order valence-electron chi connectivity index (χ4n) is 1.82. The molecule has 0 unspecified atom stereocenters. The van der Waals surface area contributed by atoms with Gasteiger partial charge in [0.05, 0.1) is 21.8 Å². The third-order valence-corrected chi connectivity index (χ3v) is 4.52. The first kappa shape index (κ1) is 14.6. The largest absolute Gasteiger partial charge is 0.361 e. The second-order valence-corrected chi connectivity index (χ2v) is 6.93. The third-order valence-electron chi connectivity index (χ3n) is 2.74. The molecule has 20 heavy (non-hydrogen) atoms. The van der Waals surface area contributed by atoms with Crippen LogP contribution in [0.1, 0.15) is 17.5 Å². The fraction of sp³-hybridized carbons (Fsp3) is 0.100. The lowest BCUT2D eigenvalue weighted by Gasteiger charge is -2.11. The van der Waals surface area contributed by atoms with Gasteiger partial charge in [0.1, 0.15) is 0 Å². The maximum Gasteiger partial charge on any atom is 0.304 e. The summed E-state index contributed by atoms with van der Waals surface area (Å²) >= 11 is 0. The molecule has 0 amide bonds. The highest BCUT2D eigenvalue weighted by Gasteiger charge is 2.29. The van der Waals surface area contributed by atoms with Gasteiger partial charge in [0.2, 0.25) is 0 Å². The van der Waals surface area contributed by atoms with E-state index in [1.165, 1.54) is 6.07 Å². The Morgan fingerprint density at radius 1 is 1.10 bits per heavy atom. The van der Waals surface area contributed by atoms with Crippen molar-refractivity contribution in [2.45, 2.75) is 11.3 Å². The van der Waals surface area contributed by atoms with Crippen LogP contribution in [0.3, 0.4) is 0 Å². The van der Waals surface area contributed by atoms with Gasteiger partial charge in [0, 0.05) is 0 Å². The van der Waals surface area contributed by atoms with E-state index in [4.69, 9.17) is 14.6 Å². The van der Waals surface area contributed by atoms with Gasteiger partial charge in [-0.1, -0.05) is 0 Å². The number of allylic oxidation sites excluding steroid dienone is 1. The van der Waals surface area contributed by atoms with Crippen molar-refractivity contribution in [2.75, 3.05) is 0 Å². The molecule has 0 saturated heterocycles. The van der Waals surface area contributed by atoms with E-state index in [1.54, 1.807) is 0 Å². The normalized spacial score (nSPS) is 15.3. The average Bonchev–Trinajstić information content (AvgIpc) is 2.34. The Hall–Kier alpha value is -1.84. The molecule has 0 radical (unpaired) electrons. The summed E-state index contributed by atoms with van der Waals surface area (Å²) < 4.78 is 62.3. The Morgan fingerprint density at radius 3 is 2.25 bits per heavy atom. The molecule has 0 saturated carbocycles. The van der Waals surface area contributed by atoms with Crippen LogP contribution in [0.25, 0.3) is 11.6 Å². The maximum absolute atomic E-state index is 11.1. The molecule has 2 rings (SSSR count). The van der Waals surface area contributed by atoms with E-state index in [2.05, 4.69) is 4.79 Å². The van der Waals surface area contributed by atoms with E-state index in [0.717, 1.165) is 18.2 Å². The molecule has 0 aliphatic heterocycles. The highest BCUT2D eigenvalue weighted by Crippen LogP contribution is 2.28. The number of benzene rings is 1. The summed E-state index contributed by atoms with van der Waals surface area (Å²) in [4.78, 5) is 2.05. The van der Waals surface area contributed by atoms with Crippen LogP contribution in [0, 0.1) is 0 Å².